The van der Waals surface area contributed by atoms with Crippen LogP contribution in [0.3, 0.4) is 0 Å². The van der Waals surface area contributed by atoms with E-state index in [4.69, 9.17) is 14.2 Å². The highest BCUT2D eigenvalue weighted by Gasteiger charge is 2.56. The molecule has 1 saturated heterocycles. The highest BCUT2D eigenvalue weighted by atomic mass is 16.7. The van der Waals surface area contributed by atoms with Crippen LogP contribution in [-0.2, 0) is 11.3 Å². The summed E-state index contributed by atoms with van der Waals surface area (Å²) in [6.45, 7) is -1.81. The topological polar surface area (TPSA) is 186 Å². The van der Waals surface area contributed by atoms with Crippen LogP contribution in [0.1, 0.15) is 63.4 Å². The molecule has 12 heteroatoms. The maximum atomic E-state index is 14.1. The van der Waals surface area contributed by atoms with Crippen LogP contribution in [0.4, 0.5) is 0 Å². The second-order valence-corrected chi connectivity index (χ2v) is 12.0. The van der Waals surface area contributed by atoms with Gasteiger partial charge in [-0.1, -0.05) is 31.0 Å². The van der Waals surface area contributed by atoms with Crippen molar-refractivity contribution in [2.75, 3.05) is 26.9 Å². The van der Waals surface area contributed by atoms with Crippen LogP contribution in [0.2, 0.25) is 0 Å². The van der Waals surface area contributed by atoms with Crippen LogP contribution in [0.5, 0.6) is 17.2 Å². The Hall–Kier alpha value is -3.78. The van der Waals surface area contributed by atoms with Gasteiger partial charge in [-0.25, -0.2) is 0 Å². The molecule has 6 N–H and O–H groups in total. The number of aliphatic hydroxyl groups is 5. The van der Waals surface area contributed by atoms with Crippen molar-refractivity contribution in [2.45, 2.75) is 68.3 Å². The van der Waals surface area contributed by atoms with Gasteiger partial charge in [0.15, 0.2) is 11.4 Å². The van der Waals surface area contributed by atoms with Crippen LogP contribution < -0.4 is 9.47 Å². The van der Waals surface area contributed by atoms with Crippen LogP contribution >= 0.6 is 0 Å². The summed E-state index contributed by atoms with van der Waals surface area (Å²) >= 11 is 0. The highest BCUT2D eigenvalue weighted by molar-refractivity contribution is 6.10. The number of amides is 1. The minimum atomic E-state index is -2.52. The number of nitrogens with zero attached hydrogens (tertiary/aromatic N) is 1. The zero-order valence-electron chi connectivity index (χ0n) is 24.8. The van der Waals surface area contributed by atoms with Crippen molar-refractivity contribution >= 4 is 22.5 Å². The summed E-state index contributed by atoms with van der Waals surface area (Å²) < 4.78 is 17.1. The van der Waals surface area contributed by atoms with Crippen molar-refractivity contribution in [1.82, 2.24) is 4.90 Å². The molecule has 6 rings (SSSR count). The van der Waals surface area contributed by atoms with Crippen molar-refractivity contribution in [3.63, 3.8) is 0 Å². The number of fused-ring (bicyclic) bond motifs is 2. The number of ether oxygens (including phenoxy) is 3. The van der Waals surface area contributed by atoms with Crippen molar-refractivity contribution in [1.29, 1.82) is 0 Å². The molecular formula is C33H37NO11. The van der Waals surface area contributed by atoms with Gasteiger partial charge in [0.2, 0.25) is 6.29 Å². The molecule has 3 aromatic carbocycles. The number of ketones is 1. The van der Waals surface area contributed by atoms with E-state index in [1.54, 1.807) is 24.3 Å². The van der Waals surface area contributed by atoms with Crippen molar-refractivity contribution in [3.8, 4) is 17.2 Å². The number of benzene rings is 3. The van der Waals surface area contributed by atoms with Crippen molar-refractivity contribution < 1.29 is 54.4 Å². The van der Waals surface area contributed by atoms with Gasteiger partial charge in [-0.3, -0.25) is 9.59 Å². The fraction of sp³-hybridized carbons (Fsp3) is 0.455. The molecule has 3 aliphatic rings. The Morgan fingerprint density at radius 2 is 1.84 bits per heavy atom. The maximum absolute atomic E-state index is 14.1. The minimum absolute atomic E-state index is 0.00981. The van der Waals surface area contributed by atoms with Gasteiger partial charge in [0, 0.05) is 18.2 Å². The second kappa shape index (κ2) is 12.2. The maximum Gasteiger partial charge on any atom is 0.254 e. The third-order valence-electron chi connectivity index (χ3n) is 9.31. The number of phenols is 1. The molecule has 1 aliphatic carbocycles. The van der Waals surface area contributed by atoms with Gasteiger partial charge < -0.3 is 49.7 Å². The van der Waals surface area contributed by atoms with Crippen molar-refractivity contribution in [3.05, 3.63) is 64.7 Å². The third kappa shape index (κ3) is 5.31. The Morgan fingerprint density at radius 1 is 1.11 bits per heavy atom. The van der Waals surface area contributed by atoms with Crippen LogP contribution in [-0.4, -0.2) is 104 Å². The average molecular weight is 624 g/mol. The summed E-state index contributed by atoms with van der Waals surface area (Å²) in [6.07, 6.45) is -3.33. The lowest BCUT2D eigenvalue weighted by Gasteiger charge is -2.46. The number of carbonyl (C=O) groups excluding carboxylic acids is 2. The van der Waals surface area contributed by atoms with Gasteiger partial charge in [-0.05, 0) is 53.5 Å². The Labute approximate surface area is 259 Å². The van der Waals surface area contributed by atoms with E-state index in [1.807, 2.05) is 12.1 Å². The van der Waals surface area contributed by atoms with Gasteiger partial charge in [0.1, 0.15) is 35.6 Å². The number of Topliss-reactive ketones (excluding diaryl/α,β-unsaturated/α-hetero) is 1. The molecule has 0 bridgehead atoms. The molecule has 2 aliphatic heterocycles. The lowest BCUT2D eigenvalue weighted by atomic mass is 9.86. The molecule has 2 heterocycles. The molecule has 0 aromatic heterocycles. The summed E-state index contributed by atoms with van der Waals surface area (Å²) in [4.78, 5) is 28.6. The van der Waals surface area contributed by atoms with E-state index >= 15 is 0 Å². The second-order valence-electron chi connectivity index (χ2n) is 12.0. The van der Waals surface area contributed by atoms with Gasteiger partial charge in [-0.2, -0.15) is 0 Å². The number of phenolic OH excluding ortho intramolecular Hbond substituents is 1. The highest BCUT2D eigenvalue weighted by Crippen LogP contribution is 2.47. The first-order chi connectivity index (χ1) is 21.6. The first kappa shape index (κ1) is 31.2. The standard InChI is InChI=1S/C33H37NO11/c1-43-20-10-19-11-22(17-6-2-3-7-17)27(23(37)14-34-13-18-8-4-5-9-21(18)31(34)41)29(39)26(19)24(12-20)44-32-33(42,16-36)30(40)28(38)25(15-35)45-32/h4-5,8-12,17,25,28,30,32,35-36,38-40,42H,2-3,6-7,13-16H2,1H3. The molecule has 12 nitrogen and oxygen atoms in total. The smallest absolute Gasteiger partial charge is 0.254 e. The van der Waals surface area contributed by atoms with Gasteiger partial charge in [0.25, 0.3) is 5.91 Å². The Morgan fingerprint density at radius 3 is 2.51 bits per heavy atom. The number of methoxy groups -OCH3 is 1. The van der Waals surface area contributed by atoms with Gasteiger partial charge in [0.05, 0.1) is 37.8 Å². The molecule has 1 amide bonds. The number of carbonyl (C=O) groups is 2. The zero-order valence-corrected chi connectivity index (χ0v) is 24.8. The number of aliphatic hydroxyl groups excluding tert-OH is 4. The SMILES string of the molecule is COc1cc(OC2OC(CO)C(O)C(O)C2(O)CO)c2c(O)c(C(=O)CN3Cc4ccccc4C3=O)c(C3CCCC3)cc2c1. The van der Waals surface area contributed by atoms with Crippen molar-refractivity contribution in [2.24, 2.45) is 0 Å². The number of hydrogen-bond donors (Lipinski definition) is 6. The monoisotopic (exact) mass is 623 g/mol. The Balaban J connectivity index is 1.45. The molecule has 2 fully saturated rings. The molecule has 0 spiro atoms. The lowest BCUT2D eigenvalue weighted by molar-refractivity contribution is -0.327. The lowest BCUT2D eigenvalue weighted by Crippen LogP contribution is -2.69. The number of hydrogen-bond acceptors (Lipinski definition) is 11. The van der Waals surface area contributed by atoms with E-state index in [0.29, 0.717) is 22.3 Å². The van der Waals surface area contributed by atoms with E-state index in [9.17, 15) is 40.2 Å². The van der Waals surface area contributed by atoms with Gasteiger partial charge >= 0.3 is 0 Å². The summed E-state index contributed by atoms with van der Waals surface area (Å²) in [5.74, 6) is -0.952. The fourth-order valence-electron chi connectivity index (χ4n) is 6.80. The summed E-state index contributed by atoms with van der Waals surface area (Å²) in [6, 6.07) is 12.0. The fourth-order valence-corrected chi connectivity index (χ4v) is 6.80. The van der Waals surface area contributed by atoms with Gasteiger partial charge in [-0.15, -0.1) is 0 Å². The predicted octanol–water partition coefficient (Wildman–Crippen LogP) is 1.59. The largest absolute Gasteiger partial charge is 0.506 e. The molecule has 1 saturated carbocycles. The van der Waals surface area contributed by atoms with E-state index < -0.39 is 54.9 Å². The van der Waals surface area contributed by atoms with E-state index in [-0.39, 0.29) is 41.6 Å². The molecule has 5 unspecified atom stereocenters. The zero-order chi connectivity index (χ0) is 32.0. The molecule has 0 radical (unpaired) electrons. The number of aromatic hydroxyl groups is 1. The van der Waals surface area contributed by atoms with Crippen LogP contribution in [0.15, 0.2) is 42.5 Å². The third-order valence-corrected chi connectivity index (χ3v) is 9.31. The normalized spacial score (nSPS) is 26.8. The van der Waals surface area contributed by atoms with Crippen LogP contribution in [0.25, 0.3) is 10.8 Å². The summed E-state index contributed by atoms with van der Waals surface area (Å²) in [5, 5.41) is 64.2. The Bertz CT molecular complexity index is 1620. The van der Waals surface area contributed by atoms with E-state index in [0.717, 1.165) is 31.2 Å². The molecule has 5 atom stereocenters. The Kier molecular flexibility index (Phi) is 8.46. The van der Waals surface area contributed by atoms with E-state index in [2.05, 4.69) is 0 Å². The quantitative estimate of drug-likeness (QED) is 0.190. The minimum Gasteiger partial charge on any atom is -0.506 e. The molecular weight excluding hydrogens is 586 g/mol. The average Bonchev–Trinajstić information content (AvgIpc) is 3.69. The van der Waals surface area contributed by atoms with E-state index in [1.165, 1.54) is 18.1 Å². The van der Waals surface area contributed by atoms with Crippen LogP contribution in [0, 0.1) is 0 Å². The molecule has 45 heavy (non-hydrogen) atoms. The number of rotatable bonds is 9. The first-order valence-corrected chi connectivity index (χ1v) is 15.0. The summed E-state index contributed by atoms with van der Waals surface area (Å²) in [7, 11) is 1.43. The molecule has 3 aromatic rings. The predicted molar refractivity (Wildman–Crippen MR) is 159 cm³/mol. The first-order valence-electron chi connectivity index (χ1n) is 15.0. The summed E-state index contributed by atoms with van der Waals surface area (Å²) in [5.41, 5.74) is -0.480. The molecule has 240 valence electrons.